The first-order valence-corrected chi connectivity index (χ1v) is 5.42. The normalized spacial score (nSPS) is 15.5. The van der Waals surface area contributed by atoms with Crippen molar-refractivity contribution in [3.63, 3.8) is 0 Å². The highest BCUT2D eigenvalue weighted by Gasteiger charge is 2.39. The first kappa shape index (κ1) is 10.6. The van der Waals surface area contributed by atoms with Crippen molar-refractivity contribution in [1.82, 2.24) is 14.6 Å². The summed E-state index contributed by atoms with van der Waals surface area (Å²) in [5, 5.41) is 3.80. The third kappa shape index (κ3) is 1.43. The Balaban J connectivity index is 2.44. The van der Waals surface area contributed by atoms with Gasteiger partial charge in [-0.15, -0.1) is 0 Å². The second-order valence-corrected chi connectivity index (χ2v) is 4.30. The Kier molecular flexibility index (Phi) is 1.99. The van der Waals surface area contributed by atoms with E-state index >= 15 is 0 Å². The minimum absolute atomic E-state index is 0.313. The maximum atomic E-state index is 13.1. The van der Waals surface area contributed by atoms with Gasteiger partial charge in [0.1, 0.15) is 0 Å². The van der Waals surface area contributed by atoms with Crippen molar-refractivity contribution in [1.29, 1.82) is 0 Å². The van der Waals surface area contributed by atoms with E-state index in [1.54, 1.807) is 6.92 Å². The monoisotopic (exact) mass is 241 g/mol. The van der Waals surface area contributed by atoms with Crippen LogP contribution in [0.4, 0.5) is 13.2 Å². The molecule has 0 aromatic carbocycles. The predicted molar refractivity (Wildman–Crippen MR) is 54.8 cm³/mol. The van der Waals surface area contributed by atoms with Gasteiger partial charge in [0.05, 0.1) is 6.20 Å². The summed E-state index contributed by atoms with van der Waals surface area (Å²) in [4.78, 5) is 4.29. The van der Waals surface area contributed by atoms with Crippen LogP contribution in [0.15, 0.2) is 6.20 Å². The second-order valence-electron chi connectivity index (χ2n) is 4.30. The van der Waals surface area contributed by atoms with Crippen LogP contribution in [0.5, 0.6) is 0 Å². The van der Waals surface area contributed by atoms with Gasteiger partial charge < -0.3 is 0 Å². The highest BCUT2D eigenvalue weighted by molar-refractivity contribution is 5.50. The molecule has 1 aliphatic carbocycles. The molecule has 0 N–H and O–H groups in total. The average molecular weight is 241 g/mol. The van der Waals surface area contributed by atoms with E-state index in [1.807, 2.05) is 0 Å². The molecule has 17 heavy (non-hydrogen) atoms. The van der Waals surface area contributed by atoms with Gasteiger partial charge in [0.2, 0.25) is 0 Å². The van der Waals surface area contributed by atoms with Crippen molar-refractivity contribution < 1.29 is 13.2 Å². The first-order chi connectivity index (χ1) is 7.98. The largest absolute Gasteiger partial charge is 0.433 e. The maximum absolute atomic E-state index is 13.1. The highest BCUT2D eigenvalue weighted by Crippen LogP contribution is 2.36. The highest BCUT2D eigenvalue weighted by atomic mass is 19.4. The van der Waals surface area contributed by atoms with E-state index in [-0.39, 0.29) is 0 Å². The van der Waals surface area contributed by atoms with Crippen LogP contribution in [0, 0.1) is 6.92 Å². The van der Waals surface area contributed by atoms with Gasteiger partial charge in [0.15, 0.2) is 11.3 Å². The fraction of sp³-hybridized carbons (Fsp3) is 0.455. The van der Waals surface area contributed by atoms with E-state index in [0.29, 0.717) is 35.3 Å². The van der Waals surface area contributed by atoms with Crippen LogP contribution in [0.3, 0.4) is 0 Å². The summed E-state index contributed by atoms with van der Waals surface area (Å²) in [7, 11) is 0. The van der Waals surface area contributed by atoms with Crippen molar-refractivity contribution in [2.75, 3.05) is 0 Å². The van der Waals surface area contributed by atoms with Crippen LogP contribution in [-0.4, -0.2) is 14.6 Å². The number of alkyl halides is 3. The number of aryl methyl sites for hydroxylation is 2. The summed E-state index contributed by atoms with van der Waals surface area (Å²) in [6.07, 6.45) is -1.16. The summed E-state index contributed by atoms with van der Waals surface area (Å²) < 4.78 is 40.2. The fourth-order valence-corrected chi connectivity index (χ4v) is 2.38. The van der Waals surface area contributed by atoms with Crippen LogP contribution in [0.25, 0.3) is 5.65 Å². The summed E-state index contributed by atoms with van der Waals surface area (Å²) >= 11 is 0. The molecule has 2 aromatic heterocycles. The summed E-state index contributed by atoms with van der Waals surface area (Å²) in [6, 6.07) is 0. The standard InChI is InChI=1S/C11H10F3N3/c1-6-5-15-17-9(11(12,13)14)7-3-2-4-8(7)16-10(6)17/h5H,2-4H2,1H3. The molecule has 3 rings (SSSR count). The van der Waals surface area contributed by atoms with Crippen molar-refractivity contribution in [3.8, 4) is 0 Å². The maximum Gasteiger partial charge on any atom is 0.433 e. The number of rotatable bonds is 0. The smallest absolute Gasteiger partial charge is 0.233 e. The van der Waals surface area contributed by atoms with Gasteiger partial charge in [-0.25, -0.2) is 9.50 Å². The van der Waals surface area contributed by atoms with Gasteiger partial charge in [-0.2, -0.15) is 18.3 Å². The van der Waals surface area contributed by atoms with E-state index in [0.717, 1.165) is 10.9 Å². The lowest BCUT2D eigenvalue weighted by atomic mass is 10.1. The number of hydrogen-bond acceptors (Lipinski definition) is 2. The third-order valence-corrected chi connectivity index (χ3v) is 3.12. The molecular formula is C11H10F3N3. The Bertz CT molecular complexity index is 598. The minimum atomic E-state index is -4.38. The minimum Gasteiger partial charge on any atom is -0.233 e. The van der Waals surface area contributed by atoms with Gasteiger partial charge in [0.25, 0.3) is 0 Å². The second kappa shape index (κ2) is 3.21. The Hall–Kier alpha value is -1.59. The molecule has 2 aromatic rings. The van der Waals surface area contributed by atoms with Gasteiger partial charge in [-0.1, -0.05) is 0 Å². The molecule has 0 fully saturated rings. The zero-order chi connectivity index (χ0) is 12.2. The number of aromatic nitrogens is 3. The quantitative estimate of drug-likeness (QED) is 0.709. The molecule has 0 spiro atoms. The molecule has 0 bridgehead atoms. The molecular weight excluding hydrogens is 231 g/mol. The van der Waals surface area contributed by atoms with Crippen molar-refractivity contribution in [2.24, 2.45) is 0 Å². The van der Waals surface area contributed by atoms with E-state index in [1.165, 1.54) is 6.20 Å². The Morgan fingerprint density at radius 2 is 2.06 bits per heavy atom. The molecule has 1 aliphatic rings. The van der Waals surface area contributed by atoms with E-state index in [9.17, 15) is 13.2 Å². The molecule has 0 atom stereocenters. The fourth-order valence-electron chi connectivity index (χ4n) is 2.38. The zero-order valence-electron chi connectivity index (χ0n) is 9.17. The average Bonchev–Trinajstić information content (AvgIpc) is 2.81. The Labute approximate surface area is 95.3 Å². The molecule has 90 valence electrons. The molecule has 6 heteroatoms. The van der Waals surface area contributed by atoms with E-state index in [2.05, 4.69) is 10.1 Å². The number of fused-ring (bicyclic) bond motifs is 2. The lowest BCUT2D eigenvalue weighted by Crippen LogP contribution is -2.17. The Morgan fingerprint density at radius 1 is 1.29 bits per heavy atom. The van der Waals surface area contributed by atoms with Gasteiger partial charge >= 0.3 is 6.18 Å². The molecule has 0 saturated carbocycles. The number of hydrogen-bond donors (Lipinski definition) is 0. The summed E-state index contributed by atoms with van der Waals surface area (Å²) in [5.74, 6) is 0. The van der Waals surface area contributed by atoms with Crippen molar-refractivity contribution in [3.05, 3.63) is 28.7 Å². The van der Waals surface area contributed by atoms with Crippen LogP contribution in [-0.2, 0) is 19.0 Å². The van der Waals surface area contributed by atoms with Gasteiger partial charge in [-0.3, -0.25) is 0 Å². The van der Waals surface area contributed by atoms with Crippen molar-refractivity contribution in [2.45, 2.75) is 32.4 Å². The molecule has 0 amide bonds. The van der Waals surface area contributed by atoms with E-state index < -0.39 is 11.9 Å². The van der Waals surface area contributed by atoms with Crippen LogP contribution < -0.4 is 0 Å². The number of halogens is 3. The van der Waals surface area contributed by atoms with Crippen LogP contribution in [0.2, 0.25) is 0 Å². The molecule has 0 aliphatic heterocycles. The molecule has 0 radical (unpaired) electrons. The first-order valence-electron chi connectivity index (χ1n) is 5.42. The van der Waals surface area contributed by atoms with Crippen molar-refractivity contribution >= 4 is 5.65 Å². The summed E-state index contributed by atoms with van der Waals surface area (Å²) in [5.41, 5.74) is 1.23. The lowest BCUT2D eigenvalue weighted by Gasteiger charge is -2.13. The molecule has 0 unspecified atom stereocenters. The third-order valence-electron chi connectivity index (χ3n) is 3.12. The Morgan fingerprint density at radius 3 is 2.76 bits per heavy atom. The molecule has 2 heterocycles. The van der Waals surface area contributed by atoms with Gasteiger partial charge in [-0.05, 0) is 26.2 Å². The molecule has 3 nitrogen and oxygen atoms in total. The molecule has 0 saturated heterocycles. The van der Waals surface area contributed by atoms with Gasteiger partial charge in [0, 0.05) is 16.8 Å². The number of nitrogens with zero attached hydrogens (tertiary/aromatic N) is 3. The summed E-state index contributed by atoms with van der Waals surface area (Å²) in [6.45, 7) is 1.72. The topological polar surface area (TPSA) is 30.2 Å². The zero-order valence-corrected chi connectivity index (χ0v) is 9.17. The SMILES string of the molecule is Cc1cnn2c(C(F)(F)F)c3c(nc12)CCC3. The predicted octanol–water partition coefficient (Wildman–Crippen LogP) is 2.55. The van der Waals surface area contributed by atoms with E-state index in [4.69, 9.17) is 0 Å². The van der Waals surface area contributed by atoms with Crippen LogP contribution >= 0.6 is 0 Å². The lowest BCUT2D eigenvalue weighted by molar-refractivity contribution is -0.143. The van der Waals surface area contributed by atoms with Crippen LogP contribution in [0.1, 0.15) is 28.9 Å².